The molecule has 0 radical (unpaired) electrons. The van der Waals surface area contributed by atoms with Crippen LogP contribution in [-0.2, 0) is 9.53 Å². The number of carbonyl (C=O) groups excluding carboxylic acids is 1. The van der Waals surface area contributed by atoms with Crippen molar-refractivity contribution in [3.05, 3.63) is 0 Å². The third-order valence-electron chi connectivity index (χ3n) is 3.14. The van der Waals surface area contributed by atoms with Gasteiger partial charge in [0, 0.05) is 12.3 Å². The monoisotopic (exact) mass is 211 g/mol. The van der Waals surface area contributed by atoms with Crippen LogP contribution < -0.4 is 0 Å². The summed E-state index contributed by atoms with van der Waals surface area (Å²) in [5.74, 6) is -0.208. The van der Waals surface area contributed by atoms with E-state index in [1.54, 1.807) is 0 Å². The van der Waals surface area contributed by atoms with Crippen molar-refractivity contribution in [1.82, 2.24) is 0 Å². The Morgan fingerprint density at radius 2 is 2.47 bits per heavy atom. The Labute approximate surface area is 89.8 Å². The van der Waals surface area contributed by atoms with Gasteiger partial charge in [0.15, 0.2) is 5.60 Å². The lowest BCUT2D eigenvalue weighted by molar-refractivity contribution is -0.140. The zero-order chi connectivity index (χ0) is 11.3. The predicted octanol–water partition coefficient (Wildman–Crippen LogP) is 1.38. The zero-order valence-electron chi connectivity index (χ0n) is 9.03. The van der Waals surface area contributed by atoms with E-state index in [-0.39, 0.29) is 11.9 Å². The molecule has 84 valence electrons. The maximum atomic E-state index is 10.9. The Balaban J connectivity index is 2.33. The van der Waals surface area contributed by atoms with E-state index in [4.69, 9.17) is 5.26 Å². The minimum absolute atomic E-state index is 0.0205. The van der Waals surface area contributed by atoms with E-state index in [2.05, 4.69) is 4.74 Å². The molecule has 0 aromatic rings. The van der Waals surface area contributed by atoms with E-state index >= 15 is 0 Å². The molecule has 1 aliphatic carbocycles. The number of nitriles is 1. The summed E-state index contributed by atoms with van der Waals surface area (Å²) in [5, 5.41) is 18.8. The normalized spacial score (nSPS) is 29.8. The second-order valence-electron chi connectivity index (χ2n) is 4.09. The third-order valence-corrected chi connectivity index (χ3v) is 3.14. The molecule has 0 spiro atoms. The van der Waals surface area contributed by atoms with Crippen LogP contribution in [0.3, 0.4) is 0 Å². The first-order chi connectivity index (χ1) is 7.12. The van der Waals surface area contributed by atoms with Crippen molar-refractivity contribution < 1.29 is 14.6 Å². The van der Waals surface area contributed by atoms with Crippen molar-refractivity contribution in [2.45, 2.75) is 44.1 Å². The van der Waals surface area contributed by atoms with E-state index in [1.165, 1.54) is 7.11 Å². The summed E-state index contributed by atoms with van der Waals surface area (Å²) >= 11 is 0. The molecule has 0 heterocycles. The molecule has 4 heteroatoms. The van der Waals surface area contributed by atoms with Crippen molar-refractivity contribution in [3.8, 4) is 6.07 Å². The van der Waals surface area contributed by atoms with Gasteiger partial charge >= 0.3 is 5.97 Å². The van der Waals surface area contributed by atoms with E-state index in [0.717, 1.165) is 19.3 Å². The molecule has 0 amide bonds. The SMILES string of the molecule is COC(=O)CCCC1CCCC1(O)C#N. The minimum atomic E-state index is -1.16. The summed E-state index contributed by atoms with van der Waals surface area (Å²) in [6.45, 7) is 0. The topological polar surface area (TPSA) is 70.3 Å². The van der Waals surface area contributed by atoms with Crippen LogP contribution in [0.5, 0.6) is 0 Å². The molecular weight excluding hydrogens is 194 g/mol. The Hall–Kier alpha value is -1.08. The van der Waals surface area contributed by atoms with Gasteiger partial charge in [0.1, 0.15) is 0 Å². The maximum absolute atomic E-state index is 10.9. The van der Waals surface area contributed by atoms with Crippen LogP contribution >= 0.6 is 0 Å². The van der Waals surface area contributed by atoms with Crippen molar-refractivity contribution in [3.63, 3.8) is 0 Å². The standard InChI is InChI=1S/C11H17NO3/c1-15-10(13)6-2-4-9-5-3-7-11(9,14)8-12/h9,14H,2-7H2,1H3. The van der Waals surface area contributed by atoms with Gasteiger partial charge in [-0.15, -0.1) is 0 Å². The average molecular weight is 211 g/mol. The fourth-order valence-electron chi connectivity index (χ4n) is 2.19. The highest BCUT2D eigenvalue weighted by molar-refractivity contribution is 5.68. The predicted molar refractivity (Wildman–Crippen MR) is 53.8 cm³/mol. The number of methoxy groups -OCH3 is 1. The van der Waals surface area contributed by atoms with Crippen LogP contribution in [0.2, 0.25) is 0 Å². The molecule has 1 fully saturated rings. The van der Waals surface area contributed by atoms with Crippen molar-refractivity contribution in [2.75, 3.05) is 7.11 Å². The quantitative estimate of drug-likeness (QED) is 0.563. The molecule has 0 aliphatic heterocycles. The molecule has 2 unspecified atom stereocenters. The third kappa shape index (κ3) is 2.93. The number of ether oxygens (including phenoxy) is 1. The van der Waals surface area contributed by atoms with E-state index < -0.39 is 5.60 Å². The molecule has 2 atom stereocenters. The number of carbonyl (C=O) groups is 1. The minimum Gasteiger partial charge on any atom is -0.469 e. The van der Waals surface area contributed by atoms with Gasteiger partial charge in [-0.3, -0.25) is 4.79 Å². The molecule has 0 aromatic carbocycles. The molecule has 1 rings (SSSR count). The molecule has 4 nitrogen and oxygen atoms in total. The number of hydrogen-bond donors (Lipinski definition) is 1. The van der Waals surface area contributed by atoms with Crippen LogP contribution in [0.1, 0.15) is 38.5 Å². The average Bonchev–Trinajstić information content (AvgIpc) is 2.61. The summed E-state index contributed by atoms with van der Waals surface area (Å²) in [4.78, 5) is 10.9. The first kappa shape index (κ1) is 12.0. The number of rotatable bonds is 4. The maximum Gasteiger partial charge on any atom is 0.305 e. The lowest BCUT2D eigenvalue weighted by Gasteiger charge is -2.22. The Morgan fingerprint density at radius 3 is 3.07 bits per heavy atom. The van der Waals surface area contributed by atoms with Crippen LogP contribution in [-0.4, -0.2) is 23.8 Å². The van der Waals surface area contributed by atoms with Gasteiger partial charge in [-0.05, 0) is 32.1 Å². The van der Waals surface area contributed by atoms with Crippen molar-refractivity contribution in [2.24, 2.45) is 5.92 Å². The highest BCUT2D eigenvalue weighted by atomic mass is 16.5. The summed E-state index contributed by atoms with van der Waals surface area (Å²) in [7, 11) is 1.36. The Kier molecular flexibility index (Phi) is 4.10. The molecule has 1 N–H and O–H groups in total. The first-order valence-electron chi connectivity index (χ1n) is 5.33. The fourth-order valence-corrected chi connectivity index (χ4v) is 2.19. The summed E-state index contributed by atoms with van der Waals surface area (Å²) in [6.07, 6.45) is 4.11. The summed E-state index contributed by atoms with van der Waals surface area (Å²) in [6, 6.07) is 1.98. The van der Waals surface area contributed by atoms with E-state index in [0.29, 0.717) is 19.3 Å². The second-order valence-corrected chi connectivity index (χ2v) is 4.09. The van der Waals surface area contributed by atoms with Crippen LogP contribution in [0.15, 0.2) is 0 Å². The molecule has 15 heavy (non-hydrogen) atoms. The first-order valence-corrected chi connectivity index (χ1v) is 5.33. The van der Waals surface area contributed by atoms with Crippen molar-refractivity contribution >= 4 is 5.97 Å². The van der Waals surface area contributed by atoms with Gasteiger partial charge in [-0.25, -0.2) is 0 Å². The smallest absolute Gasteiger partial charge is 0.305 e. The summed E-state index contributed by atoms with van der Waals surface area (Å²) < 4.78 is 4.53. The molecule has 1 saturated carbocycles. The van der Waals surface area contributed by atoms with Gasteiger partial charge in [-0.2, -0.15) is 5.26 Å². The molecule has 1 aliphatic rings. The molecular formula is C11H17NO3. The fraction of sp³-hybridized carbons (Fsp3) is 0.818. The van der Waals surface area contributed by atoms with Crippen LogP contribution in [0.4, 0.5) is 0 Å². The highest BCUT2D eigenvalue weighted by Gasteiger charge is 2.40. The van der Waals surface area contributed by atoms with Gasteiger partial charge < -0.3 is 9.84 Å². The summed E-state index contributed by atoms with van der Waals surface area (Å²) in [5.41, 5.74) is -1.16. The lowest BCUT2D eigenvalue weighted by Crippen LogP contribution is -2.31. The second kappa shape index (κ2) is 5.13. The largest absolute Gasteiger partial charge is 0.469 e. The van der Waals surface area contributed by atoms with Gasteiger partial charge in [-0.1, -0.05) is 0 Å². The lowest BCUT2D eigenvalue weighted by atomic mass is 9.88. The van der Waals surface area contributed by atoms with E-state index in [1.807, 2.05) is 6.07 Å². The number of aliphatic hydroxyl groups is 1. The molecule has 0 bridgehead atoms. The van der Waals surface area contributed by atoms with Gasteiger partial charge in [0.25, 0.3) is 0 Å². The zero-order valence-corrected chi connectivity index (χ0v) is 9.03. The molecule has 0 aromatic heterocycles. The number of nitrogens with zero attached hydrogens (tertiary/aromatic N) is 1. The number of hydrogen-bond acceptors (Lipinski definition) is 4. The van der Waals surface area contributed by atoms with Gasteiger partial charge in [0.2, 0.25) is 0 Å². The Bertz CT molecular complexity index is 271. The highest BCUT2D eigenvalue weighted by Crippen LogP contribution is 2.38. The molecule has 0 saturated heterocycles. The van der Waals surface area contributed by atoms with Crippen LogP contribution in [0, 0.1) is 17.2 Å². The van der Waals surface area contributed by atoms with Crippen molar-refractivity contribution in [1.29, 1.82) is 5.26 Å². The Morgan fingerprint density at radius 1 is 1.73 bits per heavy atom. The number of esters is 1. The van der Waals surface area contributed by atoms with Gasteiger partial charge in [0.05, 0.1) is 13.2 Å². The van der Waals surface area contributed by atoms with Crippen LogP contribution in [0.25, 0.3) is 0 Å². The van der Waals surface area contributed by atoms with E-state index in [9.17, 15) is 9.90 Å².